The lowest BCUT2D eigenvalue weighted by atomic mass is 9.41. The second-order valence-corrected chi connectivity index (χ2v) is 16.0. The normalized spacial score (nSPS) is 45.2. The van der Waals surface area contributed by atoms with Crippen molar-refractivity contribution in [3.63, 3.8) is 0 Å². The van der Waals surface area contributed by atoms with Gasteiger partial charge in [0.05, 0.1) is 24.1 Å². The second kappa shape index (κ2) is 10.8. The smallest absolute Gasteiger partial charge is 0.420 e. The van der Waals surface area contributed by atoms with Crippen molar-refractivity contribution in [3.05, 3.63) is 0 Å². The van der Waals surface area contributed by atoms with Gasteiger partial charge in [-0.25, -0.2) is 17.9 Å². The van der Waals surface area contributed by atoms with E-state index in [1.165, 1.54) is 6.42 Å². The number of hydrogen-bond donors (Lipinski definition) is 3. The molecule has 5 aliphatic carbocycles. The molecule has 0 unspecified atom stereocenters. The maximum Gasteiger partial charge on any atom is 0.420 e. The number of aliphatic hydroxyl groups excluding tert-OH is 2. The molecule has 3 N–H and O–H groups in total. The highest BCUT2D eigenvalue weighted by molar-refractivity contribution is 7.90. The zero-order valence-electron chi connectivity index (χ0n) is 23.7. The van der Waals surface area contributed by atoms with Crippen LogP contribution >= 0.6 is 0 Å². The van der Waals surface area contributed by atoms with Crippen LogP contribution in [0.3, 0.4) is 0 Å². The van der Waals surface area contributed by atoms with Gasteiger partial charge in [-0.05, 0) is 117 Å². The van der Waals surface area contributed by atoms with Gasteiger partial charge < -0.3 is 14.9 Å². The maximum atomic E-state index is 12.4. The molecule has 7 nitrogen and oxygen atoms in total. The fourth-order valence-electron chi connectivity index (χ4n) is 10.5. The molecule has 5 saturated carbocycles. The van der Waals surface area contributed by atoms with Crippen LogP contribution in [0.1, 0.15) is 111 Å². The summed E-state index contributed by atoms with van der Waals surface area (Å²) in [5.41, 5.74) is 0.398. The van der Waals surface area contributed by atoms with Crippen molar-refractivity contribution in [2.75, 3.05) is 6.61 Å². The van der Waals surface area contributed by atoms with E-state index in [-0.39, 0.29) is 35.6 Å². The van der Waals surface area contributed by atoms with Gasteiger partial charge in [-0.3, -0.25) is 0 Å². The van der Waals surface area contributed by atoms with Crippen LogP contribution in [0.4, 0.5) is 4.79 Å². The van der Waals surface area contributed by atoms with E-state index in [2.05, 4.69) is 25.5 Å². The molecule has 5 rings (SSSR count). The monoisotopic (exact) mass is 553 g/mol. The molecular weight excluding hydrogens is 502 g/mol. The molecule has 0 aromatic carbocycles. The second-order valence-electron chi connectivity index (χ2n) is 14.0. The van der Waals surface area contributed by atoms with Crippen molar-refractivity contribution in [1.82, 2.24) is 4.72 Å². The number of nitrogens with one attached hydrogen (secondary N) is 1. The summed E-state index contributed by atoms with van der Waals surface area (Å²) in [7, 11) is -3.64. The quantitative estimate of drug-likeness (QED) is 0.364. The van der Waals surface area contributed by atoms with Crippen LogP contribution in [0.25, 0.3) is 0 Å². The first-order chi connectivity index (χ1) is 18.0. The molecule has 218 valence electrons. The summed E-state index contributed by atoms with van der Waals surface area (Å²) in [5.74, 6) is 2.60. The highest BCUT2D eigenvalue weighted by Crippen LogP contribution is 2.69. The Kier molecular flexibility index (Phi) is 8.18. The van der Waals surface area contributed by atoms with Gasteiger partial charge in [0.1, 0.15) is 0 Å². The van der Waals surface area contributed by atoms with E-state index in [0.29, 0.717) is 42.4 Å². The van der Waals surface area contributed by atoms with E-state index in [9.17, 15) is 23.4 Å². The molecule has 5 fully saturated rings. The van der Waals surface area contributed by atoms with Crippen molar-refractivity contribution in [1.29, 1.82) is 0 Å². The molecule has 5 aliphatic rings. The standard InChI is InChI=1S/C30H51NO6S/c1-4-22-25-18-20(32)13-15-30(25,3)24-14-16-29(2)19(11-12-23(29)26(24)27(22)33)8-7-17-37-28(34)31-38(35,36)21-9-5-6-10-21/h19-27,32-33H,4-18H2,1-3H3,(H,31,34)/t19-,20+,22+,23-,24-,25-,26-,27+,29+,30+/m0/s1. The summed E-state index contributed by atoms with van der Waals surface area (Å²) in [6, 6.07) is 0. The lowest BCUT2D eigenvalue weighted by molar-refractivity contribution is -0.202. The Balaban J connectivity index is 1.18. The zero-order valence-corrected chi connectivity index (χ0v) is 24.6. The molecule has 0 aliphatic heterocycles. The van der Waals surface area contributed by atoms with E-state index >= 15 is 0 Å². The van der Waals surface area contributed by atoms with Gasteiger partial charge in [0, 0.05) is 0 Å². The van der Waals surface area contributed by atoms with Gasteiger partial charge in [-0.1, -0.05) is 40.0 Å². The summed E-state index contributed by atoms with van der Waals surface area (Å²) in [4.78, 5) is 12.2. The Morgan fingerprint density at radius 1 is 0.947 bits per heavy atom. The fraction of sp³-hybridized carbons (Fsp3) is 0.967. The van der Waals surface area contributed by atoms with Crippen molar-refractivity contribution in [2.45, 2.75) is 128 Å². The minimum Gasteiger partial charge on any atom is -0.449 e. The van der Waals surface area contributed by atoms with Gasteiger partial charge in [-0.15, -0.1) is 0 Å². The largest absolute Gasteiger partial charge is 0.449 e. The van der Waals surface area contributed by atoms with Gasteiger partial charge in [0.2, 0.25) is 10.0 Å². The number of fused-ring (bicyclic) bond motifs is 5. The Hall–Kier alpha value is -0.860. The van der Waals surface area contributed by atoms with Gasteiger partial charge in [0.15, 0.2) is 0 Å². The van der Waals surface area contributed by atoms with Crippen LogP contribution in [0.5, 0.6) is 0 Å². The van der Waals surface area contributed by atoms with Crippen molar-refractivity contribution in [3.8, 4) is 0 Å². The molecule has 10 atom stereocenters. The number of carbonyl (C=O) groups is 1. The summed E-state index contributed by atoms with van der Waals surface area (Å²) in [6.07, 6.45) is 11.8. The SMILES string of the molecule is CC[C@H]1[C@@H](O)[C@@H]2[C@H](CC[C@]3(C)[C@@H](CCCOC(=O)NS(=O)(=O)C4CCCC4)CC[C@@H]23)[C@@]2(C)CC[C@@H](O)C[C@@H]12. The Morgan fingerprint density at radius 2 is 1.63 bits per heavy atom. The number of rotatable bonds is 7. The minimum atomic E-state index is -3.64. The molecule has 0 aromatic heterocycles. The number of aliphatic hydroxyl groups is 2. The number of hydrogen-bond acceptors (Lipinski definition) is 6. The van der Waals surface area contributed by atoms with E-state index in [4.69, 9.17) is 4.74 Å². The summed E-state index contributed by atoms with van der Waals surface area (Å²) < 4.78 is 32.1. The topological polar surface area (TPSA) is 113 Å². The van der Waals surface area contributed by atoms with Crippen LogP contribution < -0.4 is 4.72 Å². The first-order valence-electron chi connectivity index (χ1n) is 15.6. The summed E-state index contributed by atoms with van der Waals surface area (Å²) in [5, 5.41) is 21.8. The molecule has 0 aromatic rings. The molecule has 8 heteroatoms. The van der Waals surface area contributed by atoms with Crippen LogP contribution in [-0.2, 0) is 14.8 Å². The third-order valence-corrected chi connectivity index (χ3v) is 14.3. The Labute approximate surface area is 229 Å². The van der Waals surface area contributed by atoms with Crippen LogP contribution in [0, 0.1) is 46.3 Å². The Bertz CT molecular complexity index is 966. The summed E-state index contributed by atoms with van der Waals surface area (Å²) in [6.45, 7) is 7.36. The molecule has 0 heterocycles. The first-order valence-corrected chi connectivity index (χ1v) is 17.1. The van der Waals surface area contributed by atoms with Crippen LogP contribution in [-0.4, -0.2) is 48.8 Å². The molecular formula is C30H51NO6S. The van der Waals surface area contributed by atoms with E-state index in [0.717, 1.165) is 70.6 Å². The highest BCUT2D eigenvalue weighted by atomic mass is 32.2. The Morgan fingerprint density at radius 3 is 2.34 bits per heavy atom. The number of sulfonamides is 1. The number of carbonyl (C=O) groups excluding carboxylic acids is 1. The summed E-state index contributed by atoms with van der Waals surface area (Å²) >= 11 is 0. The first kappa shape index (κ1) is 28.7. The predicted molar refractivity (Wildman–Crippen MR) is 147 cm³/mol. The van der Waals surface area contributed by atoms with E-state index in [1.54, 1.807) is 0 Å². The predicted octanol–water partition coefficient (Wildman–Crippen LogP) is 5.39. The molecule has 0 spiro atoms. The molecule has 38 heavy (non-hydrogen) atoms. The average molecular weight is 554 g/mol. The lowest BCUT2D eigenvalue weighted by Crippen LogP contribution is -2.62. The molecule has 1 amide bonds. The van der Waals surface area contributed by atoms with E-state index in [1.807, 2.05) is 0 Å². The van der Waals surface area contributed by atoms with E-state index < -0.39 is 21.4 Å². The van der Waals surface area contributed by atoms with Gasteiger partial charge >= 0.3 is 6.09 Å². The van der Waals surface area contributed by atoms with Crippen molar-refractivity contribution in [2.24, 2.45) is 46.3 Å². The van der Waals surface area contributed by atoms with Gasteiger partial charge in [-0.2, -0.15) is 0 Å². The zero-order chi connectivity index (χ0) is 27.3. The van der Waals surface area contributed by atoms with Crippen LogP contribution in [0.15, 0.2) is 0 Å². The number of amides is 1. The fourth-order valence-corrected chi connectivity index (χ4v) is 11.9. The minimum absolute atomic E-state index is 0.186. The van der Waals surface area contributed by atoms with Gasteiger partial charge in [0.25, 0.3) is 0 Å². The molecule has 0 bridgehead atoms. The maximum absolute atomic E-state index is 12.4. The highest BCUT2D eigenvalue weighted by Gasteiger charge is 2.64. The van der Waals surface area contributed by atoms with Crippen molar-refractivity contribution >= 4 is 16.1 Å². The lowest BCUT2D eigenvalue weighted by Gasteiger charge is -2.64. The number of ether oxygens (including phenoxy) is 1. The van der Waals surface area contributed by atoms with Crippen molar-refractivity contribution < 1.29 is 28.2 Å². The molecule has 0 radical (unpaired) electrons. The van der Waals surface area contributed by atoms with Crippen LogP contribution in [0.2, 0.25) is 0 Å². The third-order valence-electron chi connectivity index (χ3n) is 12.5. The molecule has 0 saturated heterocycles. The third kappa shape index (κ3) is 4.93. The average Bonchev–Trinajstić information content (AvgIpc) is 3.52.